The summed E-state index contributed by atoms with van der Waals surface area (Å²) in [7, 11) is 0. The van der Waals surface area contributed by atoms with Crippen molar-refractivity contribution in [1.82, 2.24) is 9.88 Å². The number of nitrogens with one attached hydrogen (secondary N) is 1. The molecule has 0 unspecified atom stereocenters. The lowest BCUT2D eigenvalue weighted by atomic mass is 10.1. The van der Waals surface area contributed by atoms with Gasteiger partial charge in [-0.2, -0.15) is 0 Å². The van der Waals surface area contributed by atoms with Gasteiger partial charge in [0, 0.05) is 12.7 Å². The summed E-state index contributed by atoms with van der Waals surface area (Å²) in [6, 6.07) is 5.13. The van der Waals surface area contributed by atoms with Gasteiger partial charge in [-0.25, -0.2) is 4.39 Å². The third-order valence-corrected chi connectivity index (χ3v) is 5.36. The number of amides is 1. The van der Waals surface area contributed by atoms with E-state index in [0.29, 0.717) is 18.5 Å². The molecule has 0 aliphatic heterocycles. The van der Waals surface area contributed by atoms with E-state index in [1.165, 1.54) is 35.0 Å². The number of aldehydes is 1. The van der Waals surface area contributed by atoms with Crippen LogP contribution in [0.25, 0.3) is 0 Å². The van der Waals surface area contributed by atoms with Crippen LogP contribution in [0.1, 0.15) is 65.1 Å². The molecule has 1 aromatic carbocycles. The van der Waals surface area contributed by atoms with Gasteiger partial charge in [-0.15, -0.1) is 0 Å². The molecule has 1 saturated carbocycles. The molecule has 1 heterocycles. The van der Waals surface area contributed by atoms with Crippen LogP contribution in [0.4, 0.5) is 4.39 Å². The van der Waals surface area contributed by atoms with E-state index in [1.54, 1.807) is 6.92 Å². The number of aromatic hydroxyl groups is 1. The highest BCUT2D eigenvalue weighted by Gasteiger charge is 2.21. The minimum atomic E-state index is -0.922. The van der Waals surface area contributed by atoms with Gasteiger partial charge in [0.1, 0.15) is 17.1 Å². The van der Waals surface area contributed by atoms with Crippen molar-refractivity contribution in [3.8, 4) is 5.75 Å². The van der Waals surface area contributed by atoms with Gasteiger partial charge in [0.2, 0.25) is 5.43 Å². The van der Waals surface area contributed by atoms with Gasteiger partial charge >= 0.3 is 0 Å². The summed E-state index contributed by atoms with van der Waals surface area (Å²) >= 11 is 0. The second-order valence-electron chi connectivity index (χ2n) is 7.44. The first-order valence-corrected chi connectivity index (χ1v) is 10.00. The average Bonchev–Trinajstić information content (AvgIpc) is 3.24. The number of pyridine rings is 1. The lowest BCUT2D eigenvalue weighted by Gasteiger charge is -2.17. The maximum atomic E-state index is 13.1. The van der Waals surface area contributed by atoms with Gasteiger partial charge in [-0.3, -0.25) is 14.4 Å². The van der Waals surface area contributed by atoms with Crippen molar-refractivity contribution in [3.63, 3.8) is 0 Å². The third-order valence-electron chi connectivity index (χ3n) is 5.36. The predicted molar refractivity (Wildman–Crippen MR) is 108 cm³/mol. The fourth-order valence-corrected chi connectivity index (χ4v) is 3.62. The number of rotatable bonds is 8. The molecule has 1 fully saturated rings. The summed E-state index contributed by atoms with van der Waals surface area (Å²) < 4.78 is 20.2. The van der Waals surface area contributed by atoms with Crippen molar-refractivity contribution in [2.45, 2.75) is 51.3 Å². The number of aromatic nitrogens is 1. The van der Waals surface area contributed by atoms with Gasteiger partial charge in [-0.1, -0.05) is 25.0 Å². The molecule has 0 bridgehead atoms. The second-order valence-corrected chi connectivity index (χ2v) is 7.44. The van der Waals surface area contributed by atoms with Crippen LogP contribution in [0.5, 0.6) is 5.75 Å². The molecule has 1 aliphatic rings. The fourth-order valence-electron chi connectivity index (χ4n) is 3.62. The first kappa shape index (κ1) is 21.7. The van der Waals surface area contributed by atoms with E-state index in [2.05, 4.69) is 5.32 Å². The molecule has 0 spiro atoms. The van der Waals surface area contributed by atoms with Gasteiger partial charge in [0.15, 0.2) is 12.0 Å². The molecule has 2 aromatic rings. The van der Waals surface area contributed by atoms with E-state index >= 15 is 0 Å². The Hall–Kier alpha value is -3.00. The Morgan fingerprint density at radius 3 is 2.63 bits per heavy atom. The van der Waals surface area contributed by atoms with Crippen LogP contribution in [0.2, 0.25) is 0 Å². The van der Waals surface area contributed by atoms with Crippen LogP contribution in [0.15, 0.2) is 35.3 Å². The standard InChI is InChI=1S/C22H25FN2O5/c1-14(15-6-8-16(23)9-7-15)24-22(29)18-12-25(19(13-26)21(28)20(18)27)10-11-30-17-4-2-3-5-17/h6-9,12-14,17,28H,2-5,10-11H2,1H3,(H,24,29)/t14-/m0/s1. The molecule has 1 atom stereocenters. The maximum Gasteiger partial charge on any atom is 0.257 e. The molecule has 2 N–H and O–H groups in total. The number of hydrogen-bond acceptors (Lipinski definition) is 5. The molecule has 160 valence electrons. The number of carbonyl (C=O) groups is 2. The summed E-state index contributed by atoms with van der Waals surface area (Å²) in [6.45, 7) is 2.20. The minimum absolute atomic E-state index is 0.178. The molecule has 1 aliphatic carbocycles. The Labute approximate surface area is 173 Å². The zero-order valence-electron chi connectivity index (χ0n) is 16.8. The van der Waals surface area contributed by atoms with E-state index in [9.17, 15) is 23.9 Å². The number of ether oxygens (including phenoxy) is 1. The number of hydrogen-bond donors (Lipinski definition) is 2. The van der Waals surface area contributed by atoms with Crippen molar-refractivity contribution in [3.05, 3.63) is 63.3 Å². The molecule has 8 heteroatoms. The Bertz CT molecular complexity index is 965. The van der Waals surface area contributed by atoms with Crippen LogP contribution < -0.4 is 10.7 Å². The highest BCUT2D eigenvalue weighted by atomic mass is 19.1. The van der Waals surface area contributed by atoms with Crippen LogP contribution >= 0.6 is 0 Å². The normalized spacial score (nSPS) is 15.1. The van der Waals surface area contributed by atoms with Crippen molar-refractivity contribution >= 4 is 12.2 Å². The zero-order chi connectivity index (χ0) is 21.7. The number of halogens is 1. The SMILES string of the molecule is C[C@H](NC(=O)c1cn(CCOC2CCCC2)c(C=O)c(O)c1=O)c1ccc(F)cc1. The largest absolute Gasteiger partial charge is 0.503 e. The Morgan fingerprint density at radius 2 is 2.00 bits per heavy atom. The van der Waals surface area contributed by atoms with Crippen LogP contribution in [0.3, 0.4) is 0 Å². The molecule has 1 aromatic heterocycles. The first-order chi connectivity index (χ1) is 14.4. The Morgan fingerprint density at radius 1 is 1.33 bits per heavy atom. The van der Waals surface area contributed by atoms with Crippen molar-refractivity contribution in [1.29, 1.82) is 0 Å². The van der Waals surface area contributed by atoms with E-state index in [-0.39, 0.29) is 23.9 Å². The molecular weight excluding hydrogens is 391 g/mol. The van der Waals surface area contributed by atoms with E-state index in [1.807, 2.05) is 0 Å². The molecular formula is C22H25FN2O5. The highest BCUT2D eigenvalue weighted by molar-refractivity contribution is 5.95. The Balaban J connectivity index is 1.77. The molecule has 0 saturated heterocycles. The third kappa shape index (κ3) is 4.94. The number of carbonyl (C=O) groups excluding carboxylic acids is 2. The van der Waals surface area contributed by atoms with Crippen LogP contribution in [-0.2, 0) is 11.3 Å². The molecule has 1 amide bonds. The molecule has 3 rings (SSSR count). The van der Waals surface area contributed by atoms with Gasteiger partial charge in [0.05, 0.1) is 18.8 Å². The summed E-state index contributed by atoms with van der Waals surface area (Å²) in [5.41, 5.74) is -0.747. The van der Waals surface area contributed by atoms with Crippen molar-refractivity contribution < 1.29 is 23.8 Å². The van der Waals surface area contributed by atoms with Crippen LogP contribution in [0, 0.1) is 5.82 Å². The maximum absolute atomic E-state index is 13.1. The molecule has 7 nitrogen and oxygen atoms in total. The number of benzene rings is 1. The zero-order valence-corrected chi connectivity index (χ0v) is 16.8. The van der Waals surface area contributed by atoms with E-state index in [4.69, 9.17) is 4.74 Å². The smallest absolute Gasteiger partial charge is 0.257 e. The minimum Gasteiger partial charge on any atom is -0.503 e. The van der Waals surface area contributed by atoms with Gasteiger partial charge < -0.3 is 19.7 Å². The van der Waals surface area contributed by atoms with E-state index in [0.717, 1.165) is 25.7 Å². The fraction of sp³-hybridized carbons (Fsp3) is 0.409. The van der Waals surface area contributed by atoms with E-state index < -0.39 is 28.9 Å². The Kier molecular flexibility index (Phi) is 6.99. The van der Waals surface area contributed by atoms with Crippen LogP contribution in [-0.4, -0.2) is 34.6 Å². The number of nitrogens with zero attached hydrogens (tertiary/aromatic N) is 1. The highest BCUT2D eigenvalue weighted by Crippen LogP contribution is 2.21. The first-order valence-electron chi connectivity index (χ1n) is 10.00. The van der Waals surface area contributed by atoms with Crippen molar-refractivity contribution in [2.75, 3.05) is 6.61 Å². The molecule has 30 heavy (non-hydrogen) atoms. The second kappa shape index (κ2) is 9.67. The van der Waals surface area contributed by atoms with Gasteiger partial charge in [-0.05, 0) is 37.5 Å². The summed E-state index contributed by atoms with van der Waals surface area (Å²) in [4.78, 5) is 36.5. The monoisotopic (exact) mass is 416 g/mol. The summed E-state index contributed by atoms with van der Waals surface area (Å²) in [5.74, 6) is -1.86. The molecule has 0 radical (unpaired) electrons. The quantitative estimate of drug-likeness (QED) is 0.645. The topological polar surface area (TPSA) is 97.6 Å². The summed E-state index contributed by atoms with van der Waals surface area (Å²) in [5, 5.41) is 12.8. The van der Waals surface area contributed by atoms with Gasteiger partial charge in [0.25, 0.3) is 5.91 Å². The summed E-state index contributed by atoms with van der Waals surface area (Å²) in [6.07, 6.45) is 6.05. The predicted octanol–water partition coefficient (Wildman–Crippen LogP) is 2.96. The average molecular weight is 416 g/mol. The van der Waals surface area contributed by atoms with Crippen molar-refractivity contribution in [2.24, 2.45) is 0 Å². The lowest BCUT2D eigenvalue weighted by molar-refractivity contribution is 0.0524. The lowest BCUT2D eigenvalue weighted by Crippen LogP contribution is -2.32.